The van der Waals surface area contributed by atoms with Gasteiger partial charge in [0.15, 0.2) is 0 Å². The van der Waals surface area contributed by atoms with E-state index in [1.54, 1.807) is 0 Å². The summed E-state index contributed by atoms with van der Waals surface area (Å²) in [5, 5.41) is 3.57. The van der Waals surface area contributed by atoms with Crippen LogP contribution in [0.5, 0.6) is 0 Å². The van der Waals surface area contributed by atoms with Gasteiger partial charge in [0.05, 0.1) is 0 Å². The molecule has 0 saturated heterocycles. The first-order valence-electron chi connectivity index (χ1n) is 4.40. The van der Waals surface area contributed by atoms with E-state index in [0.29, 0.717) is 0 Å². The predicted octanol–water partition coefficient (Wildman–Crippen LogP) is 1.54. The minimum absolute atomic E-state index is 0.0254. The summed E-state index contributed by atoms with van der Waals surface area (Å²) in [7, 11) is 4.14. The number of rotatable bonds is 5. The summed E-state index contributed by atoms with van der Waals surface area (Å²) in [5.74, 6) is 0. The van der Waals surface area contributed by atoms with E-state index in [1.807, 2.05) is 6.92 Å². The third-order valence-electron chi connectivity index (χ3n) is 2.13. The zero-order valence-electron chi connectivity index (χ0n) is 8.82. The van der Waals surface area contributed by atoms with Gasteiger partial charge in [0.1, 0.15) is 0 Å². The Morgan fingerprint density at radius 3 is 2.25 bits per heavy atom. The van der Waals surface area contributed by atoms with Gasteiger partial charge in [-0.25, -0.2) is 0 Å². The van der Waals surface area contributed by atoms with Crippen molar-refractivity contribution in [1.82, 2.24) is 10.2 Å². The second kappa shape index (κ2) is 5.05. The normalized spacial score (nSPS) is 15.2. The Kier molecular flexibility index (Phi) is 5.14. The molecule has 0 radical (unpaired) electrons. The highest BCUT2D eigenvalue weighted by atomic mass is 35.5. The second-order valence-electron chi connectivity index (χ2n) is 4.07. The minimum Gasteiger partial charge on any atom is -0.309 e. The molecule has 1 atom stereocenters. The number of hydrogen-bond donors (Lipinski definition) is 1. The molecule has 0 aromatic heterocycles. The molecule has 1 N–H and O–H groups in total. The molecule has 0 spiro atoms. The van der Waals surface area contributed by atoms with Crippen LogP contribution in [0.2, 0.25) is 0 Å². The van der Waals surface area contributed by atoms with E-state index in [-0.39, 0.29) is 10.9 Å². The third kappa shape index (κ3) is 4.96. The number of hydrogen-bond acceptors (Lipinski definition) is 2. The monoisotopic (exact) mass is 192 g/mol. The summed E-state index contributed by atoms with van der Waals surface area (Å²) in [4.78, 5) is 2.15. The third-order valence-corrected chi connectivity index (χ3v) is 2.68. The zero-order valence-corrected chi connectivity index (χ0v) is 9.57. The van der Waals surface area contributed by atoms with Crippen molar-refractivity contribution in [3.8, 4) is 0 Å². The van der Waals surface area contributed by atoms with Gasteiger partial charge in [-0.3, -0.25) is 0 Å². The van der Waals surface area contributed by atoms with Crippen molar-refractivity contribution in [3.63, 3.8) is 0 Å². The molecule has 0 saturated carbocycles. The molecule has 0 heterocycles. The van der Waals surface area contributed by atoms with Crippen molar-refractivity contribution in [2.24, 2.45) is 0 Å². The van der Waals surface area contributed by atoms with Crippen LogP contribution in [0.4, 0.5) is 0 Å². The maximum Gasteiger partial charge on any atom is 0.0484 e. The Balaban J connectivity index is 3.61. The van der Waals surface area contributed by atoms with Gasteiger partial charge in [-0.15, -0.1) is 11.6 Å². The number of nitrogens with zero attached hydrogens (tertiary/aromatic N) is 1. The molecule has 1 unspecified atom stereocenters. The van der Waals surface area contributed by atoms with Crippen LogP contribution in [0.1, 0.15) is 20.8 Å². The van der Waals surface area contributed by atoms with Crippen LogP contribution >= 0.6 is 11.6 Å². The second-order valence-corrected chi connectivity index (χ2v) is 4.72. The molecular formula is C9H21ClN2. The highest BCUT2D eigenvalue weighted by Gasteiger charge is 2.22. The Morgan fingerprint density at radius 2 is 1.92 bits per heavy atom. The lowest BCUT2D eigenvalue weighted by Gasteiger charge is -2.29. The predicted molar refractivity (Wildman–Crippen MR) is 56.0 cm³/mol. The molecule has 0 amide bonds. The topological polar surface area (TPSA) is 15.3 Å². The van der Waals surface area contributed by atoms with Crippen molar-refractivity contribution in [3.05, 3.63) is 0 Å². The largest absolute Gasteiger partial charge is 0.309 e. The van der Waals surface area contributed by atoms with Gasteiger partial charge >= 0.3 is 0 Å². The summed E-state index contributed by atoms with van der Waals surface area (Å²) in [6.45, 7) is 8.30. The molecule has 2 nitrogen and oxygen atoms in total. The van der Waals surface area contributed by atoms with Crippen LogP contribution in [0.25, 0.3) is 0 Å². The average molecular weight is 193 g/mol. The van der Waals surface area contributed by atoms with Gasteiger partial charge in [0.25, 0.3) is 0 Å². The summed E-state index contributed by atoms with van der Waals surface area (Å²) in [6, 6.07) is 0. The van der Waals surface area contributed by atoms with E-state index in [4.69, 9.17) is 11.6 Å². The number of nitrogens with one attached hydrogen (secondary N) is 1. The Hall–Kier alpha value is 0.210. The van der Waals surface area contributed by atoms with E-state index in [2.05, 4.69) is 38.2 Å². The first-order chi connectivity index (χ1) is 5.36. The molecule has 0 aliphatic carbocycles. The van der Waals surface area contributed by atoms with Crippen LogP contribution in [0, 0.1) is 0 Å². The van der Waals surface area contributed by atoms with Crippen molar-refractivity contribution in [1.29, 1.82) is 0 Å². The van der Waals surface area contributed by atoms with E-state index in [9.17, 15) is 0 Å². The Morgan fingerprint density at radius 1 is 1.42 bits per heavy atom. The lowest BCUT2D eigenvalue weighted by molar-refractivity contribution is 0.335. The van der Waals surface area contributed by atoms with Crippen LogP contribution in [-0.2, 0) is 0 Å². The standard InChI is InChI=1S/C9H21ClN2/c1-8(10)9(2,3)11-6-7-12(4)5/h8,11H,6-7H2,1-5H3. The molecule has 3 heteroatoms. The van der Waals surface area contributed by atoms with E-state index < -0.39 is 0 Å². The fourth-order valence-electron chi connectivity index (χ4n) is 0.742. The minimum atomic E-state index is 0.0254. The lowest BCUT2D eigenvalue weighted by Crippen LogP contribution is -2.48. The van der Waals surface area contributed by atoms with E-state index in [0.717, 1.165) is 13.1 Å². The van der Waals surface area contributed by atoms with Gasteiger partial charge in [-0.1, -0.05) is 0 Å². The molecular weight excluding hydrogens is 172 g/mol. The Labute approximate surface area is 81.3 Å². The van der Waals surface area contributed by atoms with Gasteiger partial charge in [-0.05, 0) is 34.9 Å². The van der Waals surface area contributed by atoms with E-state index >= 15 is 0 Å². The van der Waals surface area contributed by atoms with Gasteiger partial charge in [0.2, 0.25) is 0 Å². The molecule has 0 fully saturated rings. The van der Waals surface area contributed by atoms with Crippen molar-refractivity contribution in [2.45, 2.75) is 31.7 Å². The quantitative estimate of drug-likeness (QED) is 0.665. The zero-order chi connectivity index (χ0) is 9.78. The number of alkyl halides is 1. The summed E-state index contributed by atoms with van der Waals surface area (Å²) in [6.07, 6.45) is 0. The molecule has 0 aromatic rings. The highest BCUT2D eigenvalue weighted by Crippen LogP contribution is 2.13. The molecule has 0 aromatic carbocycles. The first kappa shape index (κ1) is 12.2. The molecule has 0 aliphatic rings. The van der Waals surface area contributed by atoms with Crippen LogP contribution in [0.3, 0.4) is 0 Å². The molecule has 0 aliphatic heterocycles. The van der Waals surface area contributed by atoms with E-state index in [1.165, 1.54) is 0 Å². The molecule has 74 valence electrons. The Bertz CT molecular complexity index is 122. The van der Waals surface area contributed by atoms with Crippen LogP contribution in [0.15, 0.2) is 0 Å². The fraction of sp³-hybridized carbons (Fsp3) is 1.00. The van der Waals surface area contributed by atoms with Gasteiger partial charge in [0, 0.05) is 24.0 Å². The first-order valence-corrected chi connectivity index (χ1v) is 4.83. The smallest absolute Gasteiger partial charge is 0.0484 e. The van der Waals surface area contributed by atoms with Crippen molar-refractivity contribution >= 4 is 11.6 Å². The SMILES string of the molecule is CC(Cl)C(C)(C)NCCN(C)C. The molecule has 0 bridgehead atoms. The molecule has 12 heavy (non-hydrogen) atoms. The van der Waals surface area contributed by atoms with Crippen LogP contribution in [-0.4, -0.2) is 43.0 Å². The highest BCUT2D eigenvalue weighted by molar-refractivity contribution is 6.21. The number of likely N-dealkylation sites (N-methyl/N-ethyl adjacent to an activating group) is 1. The maximum atomic E-state index is 6.01. The van der Waals surface area contributed by atoms with Crippen molar-refractivity contribution in [2.75, 3.05) is 27.2 Å². The lowest BCUT2D eigenvalue weighted by atomic mass is 10.0. The van der Waals surface area contributed by atoms with Crippen LogP contribution < -0.4 is 5.32 Å². The average Bonchev–Trinajstić information content (AvgIpc) is 1.85. The van der Waals surface area contributed by atoms with Gasteiger partial charge < -0.3 is 10.2 Å². The fourth-order valence-corrected chi connectivity index (χ4v) is 0.819. The van der Waals surface area contributed by atoms with Gasteiger partial charge in [-0.2, -0.15) is 0 Å². The summed E-state index contributed by atoms with van der Waals surface area (Å²) < 4.78 is 0. The summed E-state index contributed by atoms with van der Waals surface area (Å²) >= 11 is 6.01. The maximum absolute atomic E-state index is 6.01. The molecule has 0 rings (SSSR count). The summed E-state index contributed by atoms with van der Waals surface area (Å²) in [5.41, 5.74) is 0.0254. The number of halogens is 1. The van der Waals surface area contributed by atoms with Crippen molar-refractivity contribution < 1.29 is 0 Å².